The topological polar surface area (TPSA) is 88.7 Å². The first-order chi connectivity index (χ1) is 15.5. The zero-order valence-electron chi connectivity index (χ0n) is 19.4. The maximum absolute atomic E-state index is 12.4. The monoisotopic (exact) mass is 443 g/mol. The third-order valence-electron chi connectivity index (χ3n) is 5.33. The van der Waals surface area contributed by atoms with Crippen LogP contribution in [-0.2, 0) is 25.5 Å². The van der Waals surface area contributed by atoms with E-state index in [1.165, 1.54) is 11.1 Å². The Bertz CT molecular complexity index is 764. The summed E-state index contributed by atoms with van der Waals surface area (Å²) < 4.78 is 10.4. The molecule has 1 aromatic rings. The van der Waals surface area contributed by atoms with Crippen LogP contribution in [0.5, 0.6) is 0 Å². The normalized spacial score (nSPS) is 18.7. The van der Waals surface area contributed by atoms with Gasteiger partial charge in [0.15, 0.2) is 0 Å². The van der Waals surface area contributed by atoms with E-state index in [-0.39, 0.29) is 37.1 Å². The predicted octanol–water partition coefficient (Wildman–Crippen LogP) is 1.99. The summed E-state index contributed by atoms with van der Waals surface area (Å²) >= 11 is 0. The highest BCUT2D eigenvalue weighted by Gasteiger charge is 2.16. The lowest BCUT2D eigenvalue weighted by Crippen LogP contribution is -2.43. The summed E-state index contributed by atoms with van der Waals surface area (Å²) in [7, 11) is 1.74. The van der Waals surface area contributed by atoms with Gasteiger partial charge in [-0.15, -0.1) is 0 Å². The van der Waals surface area contributed by atoms with E-state index in [0.717, 1.165) is 25.9 Å². The van der Waals surface area contributed by atoms with E-state index in [2.05, 4.69) is 53.2 Å². The molecule has 1 aromatic carbocycles. The van der Waals surface area contributed by atoms with E-state index in [0.29, 0.717) is 12.5 Å². The minimum Gasteiger partial charge on any atom is -0.465 e. The van der Waals surface area contributed by atoms with E-state index < -0.39 is 0 Å². The average Bonchev–Trinajstić information content (AvgIpc) is 2.78. The number of benzene rings is 1. The van der Waals surface area contributed by atoms with Crippen LogP contribution in [0.2, 0.25) is 0 Å². The predicted molar refractivity (Wildman–Crippen MR) is 126 cm³/mol. The van der Waals surface area contributed by atoms with Gasteiger partial charge in [0.05, 0.1) is 25.8 Å². The van der Waals surface area contributed by atoms with Crippen LogP contribution < -0.4 is 16.0 Å². The second kappa shape index (κ2) is 14.6. The number of nitrogens with one attached hydrogen (secondary N) is 3. The summed E-state index contributed by atoms with van der Waals surface area (Å²) in [5.74, 6) is -0.113. The number of methoxy groups -OCH3 is 1. The number of esters is 1. The smallest absolute Gasteiger partial charge is 0.319 e. The van der Waals surface area contributed by atoms with Crippen molar-refractivity contribution in [3.8, 4) is 0 Å². The first kappa shape index (κ1) is 25.8. The Morgan fingerprint density at radius 3 is 2.62 bits per heavy atom. The molecule has 0 aliphatic heterocycles. The van der Waals surface area contributed by atoms with Crippen LogP contribution >= 0.6 is 0 Å². The molecule has 0 fully saturated rings. The van der Waals surface area contributed by atoms with Crippen molar-refractivity contribution in [2.24, 2.45) is 5.92 Å². The molecule has 1 amide bonds. The molecular formula is C25H37N3O4. The van der Waals surface area contributed by atoms with Crippen molar-refractivity contribution in [3.63, 3.8) is 0 Å². The lowest BCUT2D eigenvalue weighted by molar-refractivity contribution is -0.142. The van der Waals surface area contributed by atoms with Crippen LogP contribution in [0.4, 0.5) is 0 Å². The Labute approximate surface area is 191 Å². The van der Waals surface area contributed by atoms with Gasteiger partial charge in [0, 0.05) is 25.6 Å². The second-order valence-electron chi connectivity index (χ2n) is 7.99. The van der Waals surface area contributed by atoms with Crippen LogP contribution in [0.25, 0.3) is 0 Å². The molecule has 0 saturated carbocycles. The summed E-state index contributed by atoms with van der Waals surface area (Å²) in [5.41, 5.74) is 2.38. The van der Waals surface area contributed by atoms with Crippen molar-refractivity contribution in [2.75, 3.05) is 39.9 Å². The Morgan fingerprint density at radius 1 is 1.12 bits per heavy atom. The average molecular weight is 444 g/mol. The zero-order chi connectivity index (χ0) is 23.2. The lowest BCUT2D eigenvalue weighted by atomic mass is 9.95. The Morgan fingerprint density at radius 2 is 1.91 bits per heavy atom. The van der Waals surface area contributed by atoms with Crippen LogP contribution in [0.3, 0.4) is 0 Å². The molecule has 3 atom stereocenters. The third-order valence-corrected chi connectivity index (χ3v) is 5.33. The maximum Gasteiger partial charge on any atom is 0.319 e. The van der Waals surface area contributed by atoms with E-state index in [1.54, 1.807) is 14.0 Å². The van der Waals surface area contributed by atoms with Crippen molar-refractivity contribution in [1.82, 2.24) is 16.0 Å². The third kappa shape index (κ3) is 9.77. The molecule has 1 aliphatic rings. The minimum atomic E-state index is -0.360. The van der Waals surface area contributed by atoms with E-state index in [1.807, 2.05) is 18.2 Å². The first-order valence-electron chi connectivity index (χ1n) is 11.3. The molecule has 3 N–H and O–H groups in total. The lowest BCUT2D eigenvalue weighted by Gasteiger charge is -2.22. The van der Waals surface area contributed by atoms with Crippen molar-refractivity contribution in [1.29, 1.82) is 0 Å². The van der Waals surface area contributed by atoms with Crippen molar-refractivity contribution in [3.05, 3.63) is 59.7 Å². The Kier molecular flexibility index (Phi) is 11.7. The molecule has 32 heavy (non-hydrogen) atoms. The van der Waals surface area contributed by atoms with Gasteiger partial charge in [0.25, 0.3) is 0 Å². The molecule has 1 aliphatic carbocycles. The van der Waals surface area contributed by atoms with Gasteiger partial charge in [-0.2, -0.15) is 0 Å². The first-order valence-corrected chi connectivity index (χ1v) is 11.3. The number of ether oxygens (including phenoxy) is 2. The van der Waals surface area contributed by atoms with Gasteiger partial charge in [-0.1, -0.05) is 55.5 Å². The summed E-state index contributed by atoms with van der Waals surface area (Å²) in [6.45, 7) is 5.86. The molecule has 0 heterocycles. The summed E-state index contributed by atoms with van der Waals surface area (Å²) in [5, 5.41) is 9.40. The molecule has 0 aromatic heterocycles. The summed E-state index contributed by atoms with van der Waals surface area (Å²) in [4.78, 5) is 23.8. The molecule has 176 valence electrons. The van der Waals surface area contributed by atoms with Gasteiger partial charge < -0.3 is 20.1 Å². The summed E-state index contributed by atoms with van der Waals surface area (Å²) in [6.07, 6.45) is 8.13. The number of carbonyl (C=O) groups is 2. The highest BCUT2D eigenvalue weighted by atomic mass is 16.5. The van der Waals surface area contributed by atoms with Crippen LogP contribution in [-0.4, -0.2) is 63.9 Å². The van der Waals surface area contributed by atoms with Crippen molar-refractivity contribution < 1.29 is 19.1 Å². The minimum absolute atomic E-state index is 0.00980. The quantitative estimate of drug-likeness (QED) is 0.301. The van der Waals surface area contributed by atoms with Gasteiger partial charge in [-0.3, -0.25) is 14.9 Å². The molecule has 7 nitrogen and oxygen atoms in total. The molecule has 0 saturated heterocycles. The molecule has 2 rings (SSSR count). The van der Waals surface area contributed by atoms with Gasteiger partial charge >= 0.3 is 5.97 Å². The van der Waals surface area contributed by atoms with Crippen LogP contribution in [0, 0.1) is 5.92 Å². The van der Waals surface area contributed by atoms with E-state index >= 15 is 0 Å². The van der Waals surface area contributed by atoms with Crippen LogP contribution in [0.15, 0.2) is 54.1 Å². The van der Waals surface area contributed by atoms with Gasteiger partial charge in [0.2, 0.25) is 5.91 Å². The molecule has 0 radical (unpaired) electrons. The highest BCUT2D eigenvalue weighted by molar-refractivity contribution is 5.79. The fraction of sp³-hybridized carbons (Fsp3) is 0.520. The summed E-state index contributed by atoms with van der Waals surface area (Å²) in [6, 6.07) is 10.1. The van der Waals surface area contributed by atoms with E-state index in [9.17, 15) is 9.59 Å². The number of hydrogen-bond donors (Lipinski definition) is 3. The Balaban J connectivity index is 1.81. The number of carbonyl (C=O) groups excluding carboxylic acids is 2. The fourth-order valence-electron chi connectivity index (χ4n) is 3.61. The largest absolute Gasteiger partial charge is 0.465 e. The molecule has 0 bridgehead atoms. The van der Waals surface area contributed by atoms with Crippen molar-refractivity contribution in [2.45, 2.75) is 38.8 Å². The van der Waals surface area contributed by atoms with Gasteiger partial charge in [0.1, 0.15) is 0 Å². The number of hydrogen-bond acceptors (Lipinski definition) is 6. The van der Waals surface area contributed by atoms with Crippen molar-refractivity contribution >= 4 is 11.9 Å². The van der Waals surface area contributed by atoms with Gasteiger partial charge in [-0.25, -0.2) is 0 Å². The fourth-order valence-corrected chi connectivity index (χ4v) is 3.61. The van der Waals surface area contributed by atoms with E-state index in [4.69, 9.17) is 9.47 Å². The number of rotatable bonds is 14. The second-order valence-corrected chi connectivity index (χ2v) is 7.99. The molecule has 7 heteroatoms. The highest BCUT2D eigenvalue weighted by Crippen LogP contribution is 2.18. The number of amides is 1. The maximum atomic E-state index is 12.4. The van der Waals surface area contributed by atoms with Crippen LogP contribution in [0.1, 0.15) is 25.8 Å². The standard InChI is InChI=1S/C25H37N3O4/c1-4-32-25(30)18-27-17-24(29)28-22(14-20-8-6-5-7-9-20)12-13-26-16-21-11-10-19(2)23(15-21)31-3/h5-11,15,19,22-23,26-27H,4,12-14,16-18H2,1-3H3,(H,28,29)/t19-,22+,23?/m0/s1. The van der Waals surface area contributed by atoms with Gasteiger partial charge in [-0.05, 0) is 37.4 Å². The molecule has 0 spiro atoms. The zero-order valence-corrected chi connectivity index (χ0v) is 19.4. The Hall–Kier alpha value is -2.48. The molecule has 1 unspecified atom stereocenters. The molecular weight excluding hydrogens is 406 g/mol. The SMILES string of the molecule is CCOC(=O)CNCC(=O)N[C@H](CCNCC1=CC(OC)[C@@H](C)C=C1)Cc1ccccc1.